The number of aromatic nitrogens is 1. The summed E-state index contributed by atoms with van der Waals surface area (Å²) in [6.07, 6.45) is 0. The van der Waals surface area contributed by atoms with Gasteiger partial charge >= 0.3 is 0 Å². The van der Waals surface area contributed by atoms with E-state index in [0.717, 1.165) is 12.1 Å². The van der Waals surface area contributed by atoms with Gasteiger partial charge in [0, 0.05) is 27.2 Å². The summed E-state index contributed by atoms with van der Waals surface area (Å²) in [4.78, 5) is 16.9. The SMILES string of the molecule is NC(=O)c1cc(-c2ccc(Cl)cc2)c(-c2ccc(Cl)cc2Cl)nc1COc1ccc(F)c(F)c1. The molecule has 0 unspecified atom stereocenters. The molecule has 0 aliphatic heterocycles. The minimum Gasteiger partial charge on any atom is -0.487 e. The lowest BCUT2D eigenvalue weighted by Gasteiger charge is -2.16. The fourth-order valence-electron chi connectivity index (χ4n) is 3.33. The van der Waals surface area contributed by atoms with E-state index >= 15 is 0 Å². The molecule has 0 spiro atoms. The van der Waals surface area contributed by atoms with Crippen LogP contribution in [0.4, 0.5) is 8.78 Å². The average molecular weight is 520 g/mol. The van der Waals surface area contributed by atoms with Crippen LogP contribution in [0.25, 0.3) is 22.4 Å². The van der Waals surface area contributed by atoms with E-state index in [1.165, 1.54) is 6.07 Å². The fraction of sp³-hybridized carbons (Fsp3) is 0.0400. The molecule has 9 heteroatoms. The largest absolute Gasteiger partial charge is 0.487 e. The monoisotopic (exact) mass is 518 g/mol. The van der Waals surface area contributed by atoms with Gasteiger partial charge in [-0.25, -0.2) is 13.8 Å². The molecule has 1 aromatic heterocycles. The maximum atomic E-state index is 13.6. The first-order chi connectivity index (χ1) is 16.2. The molecular weight excluding hydrogens is 505 g/mol. The Labute approximate surface area is 208 Å². The summed E-state index contributed by atoms with van der Waals surface area (Å²) in [7, 11) is 0. The minimum atomic E-state index is -1.06. The third-order valence-corrected chi connectivity index (χ3v) is 5.77. The van der Waals surface area contributed by atoms with Gasteiger partial charge in [-0.2, -0.15) is 0 Å². The Kier molecular flexibility index (Phi) is 7.03. The van der Waals surface area contributed by atoms with Crippen LogP contribution in [0.2, 0.25) is 15.1 Å². The molecule has 0 atom stereocenters. The van der Waals surface area contributed by atoms with Crippen molar-refractivity contribution < 1.29 is 18.3 Å². The predicted octanol–water partition coefficient (Wildman–Crippen LogP) is 7.33. The first kappa shape index (κ1) is 24.0. The Hall–Kier alpha value is -3.19. The zero-order chi connectivity index (χ0) is 24.4. The third-order valence-electron chi connectivity index (χ3n) is 4.98. The number of primary amides is 1. The quantitative estimate of drug-likeness (QED) is 0.290. The smallest absolute Gasteiger partial charge is 0.250 e. The van der Waals surface area contributed by atoms with E-state index in [-0.39, 0.29) is 23.6 Å². The van der Waals surface area contributed by atoms with E-state index in [1.54, 1.807) is 48.5 Å². The summed E-state index contributed by atoms with van der Waals surface area (Å²) >= 11 is 18.6. The van der Waals surface area contributed by atoms with Crippen molar-refractivity contribution >= 4 is 40.7 Å². The number of nitrogens with two attached hydrogens (primary N) is 1. The summed E-state index contributed by atoms with van der Waals surface area (Å²) in [6, 6.07) is 16.6. The molecule has 0 fully saturated rings. The molecule has 0 aliphatic carbocycles. The summed E-state index contributed by atoms with van der Waals surface area (Å²) in [5.41, 5.74) is 8.21. The second-order valence-electron chi connectivity index (χ2n) is 7.24. The number of hydrogen-bond donors (Lipinski definition) is 1. The Morgan fingerprint density at radius 2 is 1.56 bits per heavy atom. The molecule has 172 valence electrons. The normalized spacial score (nSPS) is 10.9. The number of ether oxygens (including phenoxy) is 1. The van der Waals surface area contributed by atoms with Crippen LogP contribution >= 0.6 is 34.8 Å². The summed E-state index contributed by atoms with van der Waals surface area (Å²) in [5.74, 6) is -2.74. The Morgan fingerprint density at radius 1 is 0.853 bits per heavy atom. The number of amides is 1. The maximum absolute atomic E-state index is 13.6. The lowest BCUT2D eigenvalue weighted by molar-refractivity contribution is 0.0997. The zero-order valence-corrected chi connectivity index (χ0v) is 19.6. The van der Waals surface area contributed by atoms with Crippen molar-refractivity contribution in [3.63, 3.8) is 0 Å². The molecule has 1 heterocycles. The molecule has 0 saturated heterocycles. The second-order valence-corrected chi connectivity index (χ2v) is 8.52. The minimum absolute atomic E-state index is 0.0592. The van der Waals surface area contributed by atoms with Crippen LogP contribution in [0.15, 0.2) is 66.7 Å². The number of benzene rings is 3. The molecule has 4 aromatic rings. The van der Waals surface area contributed by atoms with Gasteiger partial charge in [0.1, 0.15) is 12.4 Å². The summed E-state index contributed by atoms with van der Waals surface area (Å²) < 4.78 is 32.4. The van der Waals surface area contributed by atoms with Crippen LogP contribution in [-0.4, -0.2) is 10.9 Å². The van der Waals surface area contributed by atoms with Crippen molar-refractivity contribution in [2.24, 2.45) is 5.73 Å². The molecule has 2 N–H and O–H groups in total. The second kappa shape index (κ2) is 9.97. The van der Waals surface area contributed by atoms with Crippen molar-refractivity contribution in [2.45, 2.75) is 6.61 Å². The molecule has 0 bridgehead atoms. The number of carbonyl (C=O) groups is 1. The lowest BCUT2D eigenvalue weighted by atomic mass is 9.96. The van der Waals surface area contributed by atoms with Crippen LogP contribution in [0.3, 0.4) is 0 Å². The molecule has 4 nitrogen and oxygen atoms in total. The van der Waals surface area contributed by atoms with Gasteiger partial charge in [0.05, 0.1) is 22.0 Å². The topological polar surface area (TPSA) is 65.2 Å². The molecular formula is C25H15Cl3F2N2O2. The number of halogens is 5. The highest BCUT2D eigenvalue weighted by Gasteiger charge is 2.20. The van der Waals surface area contributed by atoms with E-state index < -0.39 is 17.5 Å². The van der Waals surface area contributed by atoms with E-state index in [4.69, 9.17) is 45.3 Å². The highest BCUT2D eigenvalue weighted by atomic mass is 35.5. The lowest BCUT2D eigenvalue weighted by Crippen LogP contribution is -2.17. The van der Waals surface area contributed by atoms with Crippen LogP contribution < -0.4 is 10.5 Å². The zero-order valence-electron chi connectivity index (χ0n) is 17.3. The highest BCUT2D eigenvalue weighted by Crippen LogP contribution is 2.37. The molecule has 0 aliphatic rings. The summed E-state index contributed by atoms with van der Waals surface area (Å²) in [6.45, 7) is -0.234. The Morgan fingerprint density at radius 3 is 2.21 bits per heavy atom. The third kappa shape index (κ3) is 5.14. The van der Waals surface area contributed by atoms with Crippen LogP contribution in [-0.2, 0) is 6.61 Å². The number of carbonyl (C=O) groups excluding carboxylic acids is 1. The van der Waals surface area contributed by atoms with Gasteiger partial charge in [-0.05, 0) is 54.1 Å². The van der Waals surface area contributed by atoms with Crippen LogP contribution in [0.5, 0.6) is 5.75 Å². The van der Waals surface area contributed by atoms with Crippen molar-refractivity contribution in [2.75, 3.05) is 0 Å². The van der Waals surface area contributed by atoms with Gasteiger partial charge in [-0.3, -0.25) is 4.79 Å². The fourth-order valence-corrected chi connectivity index (χ4v) is 3.95. The van der Waals surface area contributed by atoms with Crippen molar-refractivity contribution in [3.8, 4) is 28.1 Å². The molecule has 0 radical (unpaired) electrons. The number of hydrogen-bond acceptors (Lipinski definition) is 3. The first-order valence-corrected chi connectivity index (χ1v) is 11.0. The number of nitrogens with zero attached hydrogens (tertiary/aromatic N) is 1. The molecule has 3 aromatic carbocycles. The van der Waals surface area contributed by atoms with Gasteiger partial charge in [0.15, 0.2) is 11.6 Å². The number of pyridine rings is 1. The van der Waals surface area contributed by atoms with E-state index in [9.17, 15) is 13.6 Å². The molecule has 4 rings (SSSR count). The van der Waals surface area contributed by atoms with E-state index in [2.05, 4.69) is 4.98 Å². The van der Waals surface area contributed by atoms with Gasteiger partial charge in [0.25, 0.3) is 5.91 Å². The number of rotatable bonds is 6. The summed E-state index contributed by atoms with van der Waals surface area (Å²) in [5, 5.41) is 1.32. The highest BCUT2D eigenvalue weighted by molar-refractivity contribution is 6.36. The average Bonchev–Trinajstić information content (AvgIpc) is 2.80. The van der Waals surface area contributed by atoms with E-state index in [0.29, 0.717) is 37.5 Å². The van der Waals surface area contributed by atoms with Gasteiger partial charge in [0.2, 0.25) is 0 Å². The van der Waals surface area contributed by atoms with E-state index in [1.807, 2.05) is 0 Å². The predicted molar refractivity (Wildman–Crippen MR) is 129 cm³/mol. The van der Waals surface area contributed by atoms with Gasteiger partial charge in [-0.15, -0.1) is 0 Å². The van der Waals surface area contributed by atoms with Crippen molar-refractivity contribution in [1.82, 2.24) is 4.98 Å². The first-order valence-electron chi connectivity index (χ1n) is 9.86. The molecule has 34 heavy (non-hydrogen) atoms. The molecule has 1 amide bonds. The van der Waals surface area contributed by atoms with Gasteiger partial charge in [-0.1, -0.05) is 46.9 Å². The molecule has 0 saturated carbocycles. The standard InChI is InChI=1S/C25H15Cl3F2N2O2/c26-14-3-1-13(2-4-14)18-11-19(25(31)33)23(12-34-16-6-8-21(29)22(30)10-16)32-24(18)17-7-5-15(27)9-20(17)28/h1-11H,12H2,(H2,31,33). The van der Waals surface area contributed by atoms with Crippen LogP contribution in [0.1, 0.15) is 16.1 Å². The van der Waals surface area contributed by atoms with Gasteiger partial charge < -0.3 is 10.5 Å². The van der Waals surface area contributed by atoms with Crippen LogP contribution in [0, 0.1) is 11.6 Å². The Balaban J connectivity index is 1.86. The van der Waals surface area contributed by atoms with Crippen molar-refractivity contribution in [3.05, 3.63) is 105 Å². The Bertz CT molecular complexity index is 1400. The maximum Gasteiger partial charge on any atom is 0.250 e. The van der Waals surface area contributed by atoms with Crippen molar-refractivity contribution in [1.29, 1.82) is 0 Å².